The Hall–Kier alpha value is -4.57. The van der Waals surface area contributed by atoms with Gasteiger partial charge in [-0.1, -0.05) is 66.7 Å². The summed E-state index contributed by atoms with van der Waals surface area (Å²) >= 11 is 0. The third-order valence-electron chi connectivity index (χ3n) is 6.73. The SMILES string of the molecule is CC(C)NC(=O)[C@H](Cc1ccccc1)N(Cc1ccccc1F)C(=O)CN(c1ccccc1)S(=O)(=O)c1ccc(F)cc1. The molecule has 0 heterocycles. The third-order valence-corrected chi connectivity index (χ3v) is 8.51. The smallest absolute Gasteiger partial charge is 0.264 e. The van der Waals surface area contributed by atoms with Crippen molar-refractivity contribution in [3.05, 3.63) is 132 Å². The van der Waals surface area contributed by atoms with E-state index in [2.05, 4.69) is 5.32 Å². The number of carbonyl (C=O) groups excluding carboxylic acids is 2. The Morgan fingerprint density at radius 2 is 1.37 bits per heavy atom. The molecule has 0 fully saturated rings. The summed E-state index contributed by atoms with van der Waals surface area (Å²) in [6.45, 7) is 2.59. The fraction of sp³-hybridized carbons (Fsp3) is 0.212. The normalized spacial score (nSPS) is 12.0. The fourth-order valence-electron chi connectivity index (χ4n) is 4.60. The second kappa shape index (κ2) is 14.1. The van der Waals surface area contributed by atoms with E-state index in [1.165, 1.54) is 35.2 Å². The molecule has 0 saturated carbocycles. The molecule has 224 valence electrons. The maximum absolute atomic E-state index is 14.9. The van der Waals surface area contributed by atoms with Crippen LogP contribution in [0.1, 0.15) is 25.0 Å². The average Bonchev–Trinajstić information content (AvgIpc) is 2.99. The van der Waals surface area contributed by atoms with Crippen LogP contribution in [-0.4, -0.2) is 43.8 Å². The van der Waals surface area contributed by atoms with E-state index in [-0.39, 0.29) is 35.2 Å². The van der Waals surface area contributed by atoms with E-state index in [0.717, 1.165) is 34.1 Å². The standard InChI is InChI=1S/C33H33F2N3O4S/c1-24(2)36-33(40)31(21-25-11-5-3-6-12-25)37(22-26-13-9-10-16-30(26)35)32(39)23-38(28-14-7-4-8-15-28)43(41,42)29-19-17-27(34)18-20-29/h3-20,24,31H,21-23H2,1-2H3,(H,36,40)/t31-/m0/s1. The van der Waals surface area contributed by atoms with Crippen molar-refractivity contribution < 1.29 is 26.8 Å². The van der Waals surface area contributed by atoms with Crippen molar-refractivity contribution in [1.82, 2.24) is 10.2 Å². The first-order valence-corrected chi connectivity index (χ1v) is 15.2. The summed E-state index contributed by atoms with van der Waals surface area (Å²) in [7, 11) is -4.36. The maximum atomic E-state index is 14.9. The summed E-state index contributed by atoms with van der Waals surface area (Å²) < 4.78 is 57.2. The molecule has 0 saturated heterocycles. The predicted octanol–water partition coefficient (Wildman–Crippen LogP) is 5.32. The Labute approximate surface area is 250 Å². The van der Waals surface area contributed by atoms with Crippen LogP contribution in [0.5, 0.6) is 0 Å². The number of para-hydroxylation sites is 1. The van der Waals surface area contributed by atoms with E-state index >= 15 is 0 Å². The maximum Gasteiger partial charge on any atom is 0.264 e. The molecule has 4 aromatic rings. The van der Waals surface area contributed by atoms with Crippen molar-refractivity contribution in [1.29, 1.82) is 0 Å². The zero-order chi connectivity index (χ0) is 31.0. The zero-order valence-electron chi connectivity index (χ0n) is 23.9. The third kappa shape index (κ3) is 8.04. The zero-order valence-corrected chi connectivity index (χ0v) is 24.7. The molecule has 0 aliphatic rings. The molecular formula is C33H33F2N3O4S. The lowest BCUT2D eigenvalue weighted by atomic mass is 10.0. The molecular weight excluding hydrogens is 572 g/mol. The molecule has 1 N–H and O–H groups in total. The lowest BCUT2D eigenvalue weighted by Gasteiger charge is -2.34. The van der Waals surface area contributed by atoms with Crippen molar-refractivity contribution in [2.75, 3.05) is 10.8 Å². The predicted molar refractivity (Wildman–Crippen MR) is 162 cm³/mol. The Kier molecular flexibility index (Phi) is 10.3. The Bertz CT molecular complexity index is 1630. The topological polar surface area (TPSA) is 86.8 Å². The molecule has 0 unspecified atom stereocenters. The van der Waals surface area contributed by atoms with E-state index in [9.17, 15) is 26.8 Å². The lowest BCUT2D eigenvalue weighted by Crippen LogP contribution is -2.54. The first-order valence-electron chi connectivity index (χ1n) is 13.8. The van der Waals surface area contributed by atoms with Gasteiger partial charge in [0.05, 0.1) is 10.6 Å². The van der Waals surface area contributed by atoms with E-state index in [4.69, 9.17) is 0 Å². The minimum atomic E-state index is -4.36. The van der Waals surface area contributed by atoms with Crippen molar-refractivity contribution in [3.63, 3.8) is 0 Å². The van der Waals surface area contributed by atoms with Crippen molar-refractivity contribution in [3.8, 4) is 0 Å². The highest BCUT2D eigenvalue weighted by Crippen LogP contribution is 2.25. The number of sulfonamides is 1. The first-order chi connectivity index (χ1) is 20.6. The summed E-state index contributed by atoms with van der Waals surface area (Å²) in [5.74, 6) is -2.37. The van der Waals surface area contributed by atoms with Gasteiger partial charge in [-0.25, -0.2) is 17.2 Å². The van der Waals surface area contributed by atoms with Gasteiger partial charge in [-0.05, 0) is 61.9 Å². The van der Waals surface area contributed by atoms with Crippen LogP contribution in [0.2, 0.25) is 0 Å². The Balaban J connectivity index is 1.79. The van der Waals surface area contributed by atoms with Crippen LogP contribution in [0.25, 0.3) is 0 Å². The van der Waals surface area contributed by atoms with Crippen LogP contribution in [0.4, 0.5) is 14.5 Å². The molecule has 0 spiro atoms. The van der Waals surface area contributed by atoms with Gasteiger partial charge in [0, 0.05) is 24.6 Å². The van der Waals surface area contributed by atoms with E-state index in [1.54, 1.807) is 38.1 Å². The average molecular weight is 606 g/mol. The first kappa shape index (κ1) is 31.4. The van der Waals surface area contributed by atoms with Crippen LogP contribution in [0, 0.1) is 11.6 Å². The molecule has 2 amide bonds. The fourth-order valence-corrected chi connectivity index (χ4v) is 6.02. The summed E-state index contributed by atoms with van der Waals surface area (Å²) in [6, 6.07) is 25.9. The van der Waals surface area contributed by atoms with E-state index < -0.39 is 46.1 Å². The van der Waals surface area contributed by atoms with Gasteiger partial charge >= 0.3 is 0 Å². The minimum absolute atomic E-state index is 0.107. The van der Waals surface area contributed by atoms with Crippen molar-refractivity contribution >= 4 is 27.5 Å². The Morgan fingerprint density at radius 1 is 0.791 bits per heavy atom. The van der Waals surface area contributed by atoms with Crippen LogP contribution in [0.3, 0.4) is 0 Å². The number of benzene rings is 4. The highest BCUT2D eigenvalue weighted by molar-refractivity contribution is 7.92. The number of anilines is 1. The van der Waals surface area contributed by atoms with Crippen molar-refractivity contribution in [2.45, 2.75) is 43.8 Å². The molecule has 43 heavy (non-hydrogen) atoms. The second-order valence-electron chi connectivity index (χ2n) is 10.3. The molecule has 0 radical (unpaired) electrons. The Morgan fingerprint density at radius 3 is 1.98 bits per heavy atom. The number of nitrogens with one attached hydrogen (secondary N) is 1. The lowest BCUT2D eigenvalue weighted by molar-refractivity contribution is -0.140. The second-order valence-corrected chi connectivity index (χ2v) is 12.1. The monoisotopic (exact) mass is 605 g/mol. The molecule has 0 bridgehead atoms. The number of hydrogen-bond donors (Lipinski definition) is 1. The molecule has 4 aromatic carbocycles. The highest BCUT2D eigenvalue weighted by Gasteiger charge is 2.35. The van der Waals surface area contributed by atoms with Crippen LogP contribution < -0.4 is 9.62 Å². The van der Waals surface area contributed by atoms with Crippen LogP contribution >= 0.6 is 0 Å². The molecule has 0 aliphatic carbocycles. The largest absolute Gasteiger partial charge is 0.352 e. The summed E-state index contributed by atoms with van der Waals surface area (Å²) in [6.07, 6.45) is 0.107. The van der Waals surface area contributed by atoms with Gasteiger partial charge in [-0.15, -0.1) is 0 Å². The summed E-state index contributed by atoms with van der Waals surface area (Å²) in [5, 5.41) is 2.85. The van der Waals surface area contributed by atoms with Crippen molar-refractivity contribution in [2.24, 2.45) is 0 Å². The quantitative estimate of drug-likeness (QED) is 0.237. The number of amides is 2. The number of carbonyl (C=O) groups is 2. The van der Waals surface area contributed by atoms with E-state index in [1.807, 2.05) is 30.3 Å². The molecule has 1 atom stereocenters. The number of hydrogen-bond acceptors (Lipinski definition) is 4. The van der Waals surface area contributed by atoms with Gasteiger partial charge in [-0.3, -0.25) is 13.9 Å². The minimum Gasteiger partial charge on any atom is -0.352 e. The van der Waals surface area contributed by atoms with E-state index in [0.29, 0.717) is 0 Å². The molecule has 4 rings (SSSR count). The van der Waals surface area contributed by atoms with Gasteiger partial charge in [0.15, 0.2) is 0 Å². The van der Waals surface area contributed by atoms with Crippen LogP contribution in [0.15, 0.2) is 114 Å². The van der Waals surface area contributed by atoms with Gasteiger partial charge in [-0.2, -0.15) is 0 Å². The molecule has 0 aromatic heterocycles. The number of halogens is 2. The van der Waals surface area contributed by atoms with Gasteiger partial charge in [0.2, 0.25) is 11.8 Å². The molecule has 7 nitrogen and oxygen atoms in total. The summed E-state index contributed by atoms with van der Waals surface area (Å²) in [5.41, 5.74) is 1.12. The van der Waals surface area contributed by atoms with Gasteiger partial charge in [0.25, 0.3) is 10.0 Å². The number of nitrogens with zero attached hydrogens (tertiary/aromatic N) is 2. The van der Waals surface area contributed by atoms with Crippen LogP contribution in [-0.2, 0) is 32.6 Å². The van der Waals surface area contributed by atoms with Gasteiger partial charge in [0.1, 0.15) is 24.2 Å². The molecule has 0 aliphatic heterocycles. The highest BCUT2D eigenvalue weighted by atomic mass is 32.2. The van der Waals surface area contributed by atoms with Gasteiger partial charge < -0.3 is 10.2 Å². The number of rotatable bonds is 12. The molecule has 10 heteroatoms. The summed E-state index contributed by atoms with van der Waals surface area (Å²) in [4.78, 5) is 28.9.